The molecule has 1 atom stereocenters. The second-order valence-electron chi connectivity index (χ2n) is 6.87. The molecule has 1 aromatic heterocycles. The molecule has 0 spiro atoms. The number of fused-ring (bicyclic) bond motifs is 1. The van der Waals surface area contributed by atoms with Gasteiger partial charge in [0.25, 0.3) is 5.56 Å². The monoisotopic (exact) mass is 369 g/mol. The van der Waals surface area contributed by atoms with E-state index >= 15 is 0 Å². The van der Waals surface area contributed by atoms with Gasteiger partial charge in [0, 0.05) is 0 Å². The van der Waals surface area contributed by atoms with Crippen LogP contribution in [0.3, 0.4) is 0 Å². The number of nitrogens with one attached hydrogen (secondary N) is 1. The van der Waals surface area contributed by atoms with E-state index < -0.39 is 0 Å². The Labute approximate surface area is 164 Å². The van der Waals surface area contributed by atoms with Gasteiger partial charge >= 0.3 is 0 Å². The minimum absolute atomic E-state index is 0.0384. The molecular weight excluding hydrogens is 346 g/mol. The van der Waals surface area contributed by atoms with E-state index in [4.69, 9.17) is 4.98 Å². The minimum atomic E-state index is -0.0683. The fourth-order valence-electron chi connectivity index (χ4n) is 3.44. The summed E-state index contributed by atoms with van der Waals surface area (Å²) in [7, 11) is 0. The van der Waals surface area contributed by atoms with E-state index in [-0.39, 0.29) is 11.6 Å². The van der Waals surface area contributed by atoms with Crippen molar-refractivity contribution in [1.82, 2.24) is 14.9 Å². The third-order valence-corrected chi connectivity index (χ3v) is 4.91. The quantitative estimate of drug-likeness (QED) is 0.552. The Hall–Kier alpha value is -3.24. The maximum atomic E-state index is 13.2. The van der Waals surface area contributed by atoms with Gasteiger partial charge in [-0.3, -0.25) is 9.36 Å². The van der Waals surface area contributed by atoms with Crippen LogP contribution in [0, 0.1) is 0 Å². The molecule has 0 fully saturated rings. The SMILES string of the molecule is CC(NCCc1ccccc1)c1nc2ccccc2c(=O)n1-c1ccccc1. The summed E-state index contributed by atoms with van der Waals surface area (Å²) in [6.07, 6.45) is 0.925. The summed E-state index contributed by atoms with van der Waals surface area (Å²) in [4.78, 5) is 18.1. The van der Waals surface area contributed by atoms with Crippen LogP contribution in [0.5, 0.6) is 0 Å². The van der Waals surface area contributed by atoms with E-state index in [2.05, 4.69) is 36.5 Å². The van der Waals surface area contributed by atoms with Crippen molar-refractivity contribution in [3.8, 4) is 5.69 Å². The lowest BCUT2D eigenvalue weighted by molar-refractivity contribution is 0.536. The van der Waals surface area contributed by atoms with Crippen LogP contribution in [-0.2, 0) is 6.42 Å². The Bertz CT molecular complexity index is 1120. The number of para-hydroxylation sites is 2. The van der Waals surface area contributed by atoms with Gasteiger partial charge in [0.1, 0.15) is 5.82 Å². The highest BCUT2D eigenvalue weighted by atomic mass is 16.1. The van der Waals surface area contributed by atoms with Crippen molar-refractivity contribution in [2.45, 2.75) is 19.4 Å². The van der Waals surface area contributed by atoms with Crippen LogP contribution >= 0.6 is 0 Å². The van der Waals surface area contributed by atoms with Crippen molar-refractivity contribution in [1.29, 1.82) is 0 Å². The molecule has 1 unspecified atom stereocenters. The van der Waals surface area contributed by atoms with E-state index in [1.54, 1.807) is 4.57 Å². The molecule has 28 heavy (non-hydrogen) atoms. The van der Waals surface area contributed by atoms with Crippen molar-refractivity contribution in [2.75, 3.05) is 6.54 Å². The van der Waals surface area contributed by atoms with E-state index in [0.29, 0.717) is 5.39 Å². The highest BCUT2D eigenvalue weighted by molar-refractivity contribution is 5.77. The molecule has 1 heterocycles. The predicted octanol–water partition coefficient (Wildman–Crippen LogP) is 4.28. The average Bonchev–Trinajstić information content (AvgIpc) is 2.75. The van der Waals surface area contributed by atoms with Crippen LogP contribution < -0.4 is 10.9 Å². The number of benzene rings is 3. The van der Waals surface area contributed by atoms with Gasteiger partial charge in [0.2, 0.25) is 0 Å². The molecule has 0 aliphatic carbocycles. The van der Waals surface area contributed by atoms with E-state index in [0.717, 1.165) is 30.0 Å². The molecule has 140 valence electrons. The zero-order valence-corrected chi connectivity index (χ0v) is 15.9. The van der Waals surface area contributed by atoms with Gasteiger partial charge in [0.15, 0.2) is 0 Å². The van der Waals surface area contributed by atoms with Crippen molar-refractivity contribution >= 4 is 10.9 Å². The van der Waals surface area contributed by atoms with Crippen molar-refractivity contribution in [2.24, 2.45) is 0 Å². The lowest BCUT2D eigenvalue weighted by atomic mass is 10.1. The van der Waals surface area contributed by atoms with Gasteiger partial charge in [-0.2, -0.15) is 0 Å². The smallest absolute Gasteiger partial charge is 0.266 e. The van der Waals surface area contributed by atoms with Gasteiger partial charge in [-0.1, -0.05) is 60.7 Å². The summed E-state index contributed by atoms with van der Waals surface area (Å²) >= 11 is 0. The zero-order chi connectivity index (χ0) is 19.3. The van der Waals surface area contributed by atoms with E-state index in [1.807, 2.05) is 60.7 Å². The van der Waals surface area contributed by atoms with Crippen LogP contribution in [0.1, 0.15) is 24.4 Å². The predicted molar refractivity (Wildman–Crippen MR) is 114 cm³/mol. The number of hydrogen-bond donors (Lipinski definition) is 1. The fourth-order valence-corrected chi connectivity index (χ4v) is 3.44. The Balaban J connectivity index is 1.69. The summed E-state index contributed by atoms with van der Waals surface area (Å²) in [6.45, 7) is 2.86. The molecule has 0 saturated carbocycles. The Morgan fingerprint density at radius 2 is 1.54 bits per heavy atom. The van der Waals surface area contributed by atoms with Crippen LogP contribution in [0.2, 0.25) is 0 Å². The maximum absolute atomic E-state index is 13.2. The summed E-state index contributed by atoms with van der Waals surface area (Å²) < 4.78 is 1.72. The minimum Gasteiger partial charge on any atom is -0.307 e. The summed E-state index contributed by atoms with van der Waals surface area (Å²) in [5, 5.41) is 4.16. The van der Waals surface area contributed by atoms with E-state index in [9.17, 15) is 4.79 Å². The lowest BCUT2D eigenvalue weighted by Gasteiger charge is -2.19. The molecule has 0 radical (unpaired) electrons. The molecule has 1 N–H and O–H groups in total. The Morgan fingerprint density at radius 1 is 0.893 bits per heavy atom. The van der Waals surface area contributed by atoms with Crippen LogP contribution in [-0.4, -0.2) is 16.1 Å². The summed E-state index contributed by atoms with van der Waals surface area (Å²) in [5.74, 6) is 0.725. The molecule has 0 amide bonds. The normalized spacial score (nSPS) is 12.2. The number of aromatic nitrogens is 2. The third-order valence-electron chi connectivity index (χ3n) is 4.91. The summed E-state index contributed by atoms with van der Waals surface area (Å²) in [6, 6.07) is 27.5. The molecule has 4 rings (SSSR count). The second-order valence-corrected chi connectivity index (χ2v) is 6.87. The van der Waals surface area contributed by atoms with Crippen LogP contribution in [0.4, 0.5) is 0 Å². The molecular formula is C24H23N3O. The van der Waals surface area contributed by atoms with Gasteiger partial charge in [-0.15, -0.1) is 0 Å². The number of nitrogens with zero attached hydrogens (tertiary/aromatic N) is 2. The van der Waals surface area contributed by atoms with Crippen molar-refractivity contribution < 1.29 is 0 Å². The van der Waals surface area contributed by atoms with Crippen LogP contribution in [0.25, 0.3) is 16.6 Å². The third kappa shape index (κ3) is 3.73. The molecule has 3 aromatic carbocycles. The number of hydrogen-bond acceptors (Lipinski definition) is 3. The van der Waals surface area contributed by atoms with Gasteiger partial charge in [-0.05, 0) is 49.7 Å². The lowest BCUT2D eigenvalue weighted by Crippen LogP contribution is -2.31. The average molecular weight is 369 g/mol. The molecule has 0 bridgehead atoms. The Morgan fingerprint density at radius 3 is 2.29 bits per heavy atom. The first-order valence-corrected chi connectivity index (χ1v) is 9.58. The molecule has 0 saturated heterocycles. The molecule has 4 heteroatoms. The molecule has 0 aliphatic heterocycles. The van der Waals surface area contributed by atoms with Gasteiger partial charge in [-0.25, -0.2) is 4.98 Å². The van der Waals surface area contributed by atoms with Gasteiger partial charge < -0.3 is 5.32 Å². The fraction of sp³-hybridized carbons (Fsp3) is 0.167. The molecule has 4 nitrogen and oxygen atoms in total. The standard InChI is InChI=1S/C24H23N3O/c1-18(25-17-16-19-10-4-2-5-11-19)23-26-22-15-9-8-14-21(22)24(28)27(23)20-12-6-3-7-13-20/h2-15,18,25H,16-17H2,1H3. The topological polar surface area (TPSA) is 46.9 Å². The largest absolute Gasteiger partial charge is 0.307 e. The highest BCUT2D eigenvalue weighted by Crippen LogP contribution is 2.18. The molecule has 0 aliphatic rings. The zero-order valence-electron chi connectivity index (χ0n) is 15.9. The van der Waals surface area contributed by atoms with Crippen LogP contribution in [0.15, 0.2) is 89.7 Å². The van der Waals surface area contributed by atoms with Gasteiger partial charge in [0.05, 0.1) is 22.6 Å². The first kappa shape index (κ1) is 18.1. The van der Waals surface area contributed by atoms with Crippen molar-refractivity contribution in [3.63, 3.8) is 0 Å². The highest BCUT2D eigenvalue weighted by Gasteiger charge is 2.17. The van der Waals surface area contributed by atoms with E-state index in [1.165, 1.54) is 5.56 Å². The first-order chi connectivity index (χ1) is 13.7. The Kier molecular flexibility index (Phi) is 5.31. The van der Waals surface area contributed by atoms with Crippen molar-refractivity contribution in [3.05, 3.63) is 107 Å². The second kappa shape index (κ2) is 8.19. The summed E-state index contributed by atoms with van der Waals surface area (Å²) in [5.41, 5.74) is 2.81. The first-order valence-electron chi connectivity index (χ1n) is 9.58. The maximum Gasteiger partial charge on any atom is 0.266 e. The molecule has 4 aromatic rings. The number of rotatable bonds is 6.